The largest absolute Gasteiger partial charge is 0.493 e. The number of fused-ring (bicyclic) bond motifs is 1. The van der Waals surface area contributed by atoms with Crippen molar-refractivity contribution >= 4 is 15.9 Å². The van der Waals surface area contributed by atoms with Gasteiger partial charge in [0.05, 0.1) is 17.1 Å². The van der Waals surface area contributed by atoms with Gasteiger partial charge in [-0.15, -0.1) is 0 Å². The summed E-state index contributed by atoms with van der Waals surface area (Å²) in [7, 11) is -3.72. The Hall–Kier alpha value is -2.38. The summed E-state index contributed by atoms with van der Waals surface area (Å²) in [4.78, 5) is 11.7. The number of rotatable bonds is 5. The summed E-state index contributed by atoms with van der Waals surface area (Å²) in [5, 5.41) is 0. The van der Waals surface area contributed by atoms with Crippen molar-refractivity contribution in [2.24, 2.45) is 5.73 Å². The molecular weight excluding hydrogens is 340 g/mol. The van der Waals surface area contributed by atoms with E-state index in [0.29, 0.717) is 26.1 Å². The molecule has 2 aromatic carbocycles. The molecule has 25 heavy (non-hydrogen) atoms. The number of sulfonamides is 1. The molecule has 7 heteroatoms. The van der Waals surface area contributed by atoms with Crippen LogP contribution < -0.4 is 10.5 Å². The van der Waals surface area contributed by atoms with Crippen molar-refractivity contribution in [3.8, 4) is 5.75 Å². The lowest BCUT2D eigenvalue weighted by molar-refractivity contribution is 0.0996. The number of nitrogens with zero attached hydrogens (tertiary/aromatic N) is 1. The van der Waals surface area contributed by atoms with Crippen LogP contribution in [0.15, 0.2) is 47.4 Å². The van der Waals surface area contributed by atoms with Gasteiger partial charge in [-0.1, -0.05) is 24.3 Å². The summed E-state index contributed by atoms with van der Waals surface area (Å²) in [5.41, 5.74) is 7.60. The van der Waals surface area contributed by atoms with Gasteiger partial charge >= 0.3 is 0 Å². The van der Waals surface area contributed by atoms with E-state index in [0.717, 1.165) is 5.56 Å². The predicted octanol–water partition coefficient (Wildman–Crippen LogP) is 1.93. The molecule has 1 heterocycles. The molecule has 1 aliphatic rings. The van der Waals surface area contributed by atoms with Crippen molar-refractivity contribution in [2.45, 2.75) is 24.8 Å². The van der Waals surface area contributed by atoms with E-state index < -0.39 is 15.9 Å². The highest BCUT2D eigenvalue weighted by atomic mass is 32.2. The predicted molar refractivity (Wildman–Crippen MR) is 93.9 cm³/mol. The average molecular weight is 360 g/mol. The Labute approximate surface area is 147 Å². The second-order valence-electron chi connectivity index (χ2n) is 5.81. The number of nitrogens with two attached hydrogens (primary N) is 1. The molecule has 0 saturated carbocycles. The maximum absolute atomic E-state index is 13.0. The Balaban J connectivity index is 1.95. The molecule has 132 valence electrons. The first-order chi connectivity index (χ1) is 11.9. The summed E-state index contributed by atoms with van der Waals surface area (Å²) < 4.78 is 32.7. The van der Waals surface area contributed by atoms with Gasteiger partial charge in [-0.3, -0.25) is 4.79 Å². The van der Waals surface area contributed by atoms with Gasteiger partial charge in [0, 0.05) is 13.1 Å². The number of amides is 1. The molecule has 0 aliphatic carbocycles. The fraction of sp³-hybridized carbons (Fsp3) is 0.278. The molecule has 6 nitrogen and oxygen atoms in total. The SMILES string of the molecule is CCOc1ccc(S(=O)(=O)N2CCc3ccccc3C2)cc1C(N)=O. The first-order valence-corrected chi connectivity index (χ1v) is 9.51. The fourth-order valence-corrected chi connectivity index (χ4v) is 4.41. The Kier molecular flexibility index (Phi) is 4.78. The third-order valence-corrected chi connectivity index (χ3v) is 6.09. The second-order valence-corrected chi connectivity index (χ2v) is 7.75. The summed E-state index contributed by atoms with van der Waals surface area (Å²) in [5.74, 6) is -0.428. The number of carbonyl (C=O) groups excluding carboxylic acids is 1. The van der Waals surface area contributed by atoms with Crippen LogP contribution >= 0.6 is 0 Å². The molecule has 0 radical (unpaired) electrons. The fourth-order valence-electron chi connectivity index (χ4n) is 2.97. The van der Waals surface area contributed by atoms with E-state index in [9.17, 15) is 13.2 Å². The van der Waals surface area contributed by atoms with Crippen LogP contribution in [0.25, 0.3) is 0 Å². The molecule has 0 unspecified atom stereocenters. The molecular formula is C18H20N2O4S. The standard InChI is InChI=1S/C18H20N2O4S/c1-2-24-17-8-7-15(11-16(17)18(19)21)25(22,23)20-10-9-13-5-3-4-6-14(13)12-20/h3-8,11H,2,9-10,12H2,1H3,(H2,19,21). The summed E-state index contributed by atoms with van der Waals surface area (Å²) >= 11 is 0. The number of ether oxygens (including phenoxy) is 1. The van der Waals surface area contributed by atoms with E-state index in [-0.39, 0.29) is 16.2 Å². The molecule has 0 atom stereocenters. The van der Waals surface area contributed by atoms with Crippen molar-refractivity contribution in [3.05, 3.63) is 59.2 Å². The quantitative estimate of drug-likeness (QED) is 0.882. The molecule has 0 saturated heterocycles. The number of hydrogen-bond acceptors (Lipinski definition) is 4. The Morgan fingerprint density at radius 3 is 2.60 bits per heavy atom. The minimum Gasteiger partial charge on any atom is -0.493 e. The minimum atomic E-state index is -3.72. The average Bonchev–Trinajstić information content (AvgIpc) is 2.61. The minimum absolute atomic E-state index is 0.0455. The Morgan fingerprint density at radius 1 is 1.20 bits per heavy atom. The van der Waals surface area contributed by atoms with Crippen LogP contribution in [0.5, 0.6) is 5.75 Å². The first kappa shape index (κ1) is 17.4. The number of hydrogen-bond donors (Lipinski definition) is 1. The second kappa shape index (κ2) is 6.85. The number of carbonyl (C=O) groups is 1. The highest BCUT2D eigenvalue weighted by molar-refractivity contribution is 7.89. The van der Waals surface area contributed by atoms with Gasteiger partial charge < -0.3 is 10.5 Å². The normalized spacial score (nSPS) is 14.8. The third kappa shape index (κ3) is 3.38. The van der Waals surface area contributed by atoms with Crippen LogP contribution in [-0.4, -0.2) is 31.8 Å². The van der Waals surface area contributed by atoms with Crippen LogP contribution in [0.1, 0.15) is 28.4 Å². The maximum Gasteiger partial charge on any atom is 0.252 e. The first-order valence-electron chi connectivity index (χ1n) is 8.07. The van der Waals surface area contributed by atoms with Gasteiger partial charge in [-0.05, 0) is 42.7 Å². The van der Waals surface area contributed by atoms with E-state index in [1.807, 2.05) is 24.3 Å². The van der Waals surface area contributed by atoms with E-state index in [1.54, 1.807) is 6.92 Å². The van der Waals surface area contributed by atoms with Gasteiger partial charge in [0.2, 0.25) is 10.0 Å². The van der Waals surface area contributed by atoms with Gasteiger partial charge in [0.25, 0.3) is 5.91 Å². The molecule has 2 aromatic rings. The molecule has 0 aromatic heterocycles. The third-order valence-electron chi connectivity index (χ3n) is 4.25. The zero-order valence-electron chi connectivity index (χ0n) is 13.9. The van der Waals surface area contributed by atoms with Gasteiger partial charge in [-0.25, -0.2) is 8.42 Å². The Morgan fingerprint density at radius 2 is 1.92 bits per heavy atom. The Bertz CT molecular complexity index is 909. The zero-order valence-corrected chi connectivity index (χ0v) is 14.8. The molecule has 0 bridgehead atoms. The van der Waals surface area contributed by atoms with Gasteiger partial charge in [-0.2, -0.15) is 4.31 Å². The highest BCUT2D eigenvalue weighted by Gasteiger charge is 2.29. The highest BCUT2D eigenvalue weighted by Crippen LogP contribution is 2.28. The monoisotopic (exact) mass is 360 g/mol. The summed E-state index contributed by atoms with van der Waals surface area (Å²) in [6.45, 7) is 2.85. The number of primary amides is 1. The van der Waals surface area contributed by atoms with E-state index in [4.69, 9.17) is 10.5 Å². The topological polar surface area (TPSA) is 89.7 Å². The molecule has 1 aliphatic heterocycles. The van der Waals surface area contributed by atoms with E-state index in [1.165, 1.54) is 28.1 Å². The van der Waals surface area contributed by atoms with E-state index in [2.05, 4.69) is 0 Å². The lowest BCUT2D eigenvalue weighted by Gasteiger charge is -2.28. The lowest BCUT2D eigenvalue weighted by atomic mass is 10.0. The van der Waals surface area contributed by atoms with Crippen LogP contribution in [0.3, 0.4) is 0 Å². The van der Waals surface area contributed by atoms with Crippen LogP contribution in [0.2, 0.25) is 0 Å². The molecule has 3 rings (SSSR count). The number of benzene rings is 2. The van der Waals surface area contributed by atoms with E-state index >= 15 is 0 Å². The van der Waals surface area contributed by atoms with Gasteiger partial charge in [0.1, 0.15) is 5.75 Å². The summed E-state index contributed by atoms with van der Waals surface area (Å²) in [6.07, 6.45) is 0.662. The molecule has 0 fully saturated rings. The van der Waals surface area contributed by atoms with Crippen molar-refractivity contribution in [1.29, 1.82) is 0 Å². The smallest absolute Gasteiger partial charge is 0.252 e. The summed E-state index contributed by atoms with van der Waals surface area (Å²) in [6, 6.07) is 12.0. The molecule has 0 spiro atoms. The zero-order chi connectivity index (χ0) is 18.0. The van der Waals surface area contributed by atoms with Crippen molar-refractivity contribution in [2.75, 3.05) is 13.2 Å². The molecule has 2 N–H and O–H groups in total. The van der Waals surface area contributed by atoms with Crippen molar-refractivity contribution in [3.63, 3.8) is 0 Å². The maximum atomic E-state index is 13.0. The van der Waals surface area contributed by atoms with Crippen LogP contribution in [0.4, 0.5) is 0 Å². The lowest BCUT2D eigenvalue weighted by Crippen LogP contribution is -2.36. The van der Waals surface area contributed by atoms with Crippen LogP contribution in [-0.2, 0) is 23.0 Å². The van der Waals surface area contributed by atoms with Crippen LogP contribution in [0, 0.1) is 0 Å². The van der Waals surface area contributed by atoms with Crippen molar-refractivity contribution in [1.82, 2.24) is 4.31 Å². The van der Waals surface area contributed by atoms with Crippen molar-refractivity contribution < 1.29 is 17.9 Å². The molecule has 1 amide bonds. The van der Waals surface area contributed by atoms with Gasteiger partial charge in [0.15, 0.2) is 0 Å².